The maximum atomic E-state index is 11.1. The summed E-state index contributed by atoms with van der Waals surface area (Å²) in [6.45, 7) is 2.38. The van der Waals surface area contributed by atoms with Gasteiger partial charge in [-0.05, 0) is 18.6 Å². The highest BCUT2D eigenvalue weighted by Gasteiger charge is 2.13. The minimum absolute atomic E-state index is 0.233. The van der Waals surface area contributed by atoms with Crippen molar-refractivity contribution in [3.8, 4) is 0 Å². The Morgan fingerprint density at radius 2 is 2.28 bits per heavy atom. The van der Waals surface area contributed by atoms with Crippen LogP contribution in [0.1, 0.15) is 20.9 Å². The minimum Gasteiger partial charge on any atom is -0.478 e. The van der Waals surface area contributed by atoms with Crippen LogP contribution in [0.3, 0.4) is 0 Å². The number of rotatable bonds is 5. The number of nitrogens with zero attached hydrogens (tertiary/aromatic N) is 2. The third-order valence-electron chi connectivity index (χ3n) is 2.49. The largest absolute Gasteiger partial charge is 0.478 e. The number of thiazole rings is 1. The van der Waals surface area contributed by atoms with Crippen LogP contribution < -0.4 is 5.32 Å². The molecule has 0 amide bonds. The number of carboxylic acids is 1. The molecule has 0 aliphatic rings. The summed E-state index contributed by atoms with van der Waals surface area (Å²) in [6, 6.07) is 1.69. The molecule has 0 saturated carbocycles. The van der Waals surface area contributed by atoms with Gasteiger partial charge in [0.15, 0.2) is 0 Å². The van der Waals surface area contributed by atoms with Gasteiger partial charge in [0.1, 0.15) is 11.4 Å². The second-order valence-corrected chi connectivity index (χ2v) is 4.74. The van der Waals surface area contributed by atoms with Crippen molar-refractivity contribution in [3.05, 3.63) is 40.0 Å². The van der Waals surface area contributed by atoms with Gasteiger partial charge in [-0.25, -0.2) is 14.8 Å². The first-order chi connectivity index (χ1) is 8.68. The lowest BCUT2D eigenvalue weighted by Gasteiger charge is -2.09. The van der Waals surface area contributed by atoms with Gasteiger partial charge in [-0.2, -0.15) is 0 Å². The van der Waals surface area contributed by atoms with Gasteiger partial charge >= 0.3 is 5.97 Å². The molecule has 0 radical (unpaired) electrons. The first-order valence-corrected chi connectivity index (χ1v) is 6.37. The van der Waals surface area contributed by atoms with Crippen molar-refractivity contribution < 1.29 is 9.90 Å². The Morgan fingerprint density at radius 1 is 1.44 bits per heavy atom. The Balaban J connectivity index is 2.05. The van der Waals surface area contributed by atoms with Crippen molar-refractivity contribution in [1.82, 2.24) is 9.97 Å². The average molecular weight is 263 g/mol. The number of carboxylic acid groups (broad SMARTS) is 1. The lowest BCUT2D eigenvalue weighted by Crippen LogP contribution is -2.12. The van der Waals surface area contributed by atoms with E-state index in [1.54, 1.807) is 36.7 Å². The first kappa shape index (κ1) is 12.5. The maximum absolute atomic E-state index is 11.1. The first-order valence-electron chi connectivity index (χ1n) is 5.49. The van der Waals surface area contributed by atoms with E-state index >= 15 is 0 Å². The van der Waals surface area contributed by atoms with Crippen LogP contribution >= 0.6 is 11.3 Å². The number of carbonyl (C=O) groups is 1. The molecule has 0 unspecified atom stereocenters. The van der Waals surface area contributed by atoms with Crippen LogP contribution in [-0.2, 0) is 6.42 Å². The van der Waals surface area contributed by atoms with Gasteiger partial charge in [-0.15, -0.1) is 11.3 Å². The molecule has 0 atom stereocenters. The highest BCUT2D eigenvalue weighted by molar-refractivity contribution is 7.09. The molecule has 94 valence electrons. The van der Waals surface area contributed by atoms with Gasteiger partial charge in [0.2, 0.25) is 0 Å². The molecule has 2 rings (SSSR count). The van der Waals surface area contributed by atoms with E-state index in [-0.39, 0.29) is 5.56 Å². The molecule has 2 heterocycles. The summed E-state index contributed by atoms with van der Waals surface area (Å²) < 4.78 is 0. The second-order valence-electron chi connectivity index (χ2n) is 3.76. The molecule has 2 aromatic heterocycles. The van der Waals surface area contributed by atoms with Gasteiger partial charge in [0.05, 0.1) is 5.01 Å². The Kier molecular flexibility index (Phi) is 3.88. The van der Waals surface area contributed by atoms with Crippen molar-refractivity contribution >= 4 is 23.1 Å². The third kappa shape index (κ3) is 2.84. The summed E-state index contributed by atoms with van der Waals surface area (Å²) in [6.07, 6.45) is 4.12. The summed E-state index contributed by atoms with van der Waals surface area (Å²) in [4.78, 5) is 19.4. The fraction of sp³-hybridized carbons (Fsp3) is 0.250. The smallest absolute Gasteiger partial charge is 0.339 e. The van der Waals surface area contributed by atoms with E-state index < -0.39 is 5.97 Å². The minimum atomic E-state index is -0.961. The molecule has 6 heteroatoms. The molecule has 2 aromatic rings. The summed E-state index contributed by atoms with van der Waals surface area (Å²) in [5.74, 6) is -0.545. The van der Waals surface area contributed by atoms with Crippen LogP contribution in [0.5, 0.6) is 0 Å². The van der Waals surface area contributed by atoms with Gasteiger partial charge in [-0.3, -0.25) is 0 Å². The molecule has 0 aliphatic carbocycles. The van der Waals surface area contributed by atoms with Crippen LogP contribution in [0.25, 0.3) is 0 Å². The Morgan fingerprint density at radius 3 is 2.94 bits per heavy atom. The molecular formula is C12H13N3O2S. The summed E-state index contributed by atoms with van der Waals surface area (Å²) in [5.41, 5.74) is 0.936. The normalized spacial score (nSPS) is 10.3. The number of aromatic carboxylic acids is 1. The standard InChI is InChI=1S/C12H13N3O2S/c1-8-2-4-14-11(10(8)12(16)17)15-5-3-9-13-6-7-18-9/h2,4,6-7H,3,5H2,1H3,(H,14,15)(H,16,17). The predicted molar refractivity (Wildman–Crippen MR) is 70.2 cm³/mol. The summed E-state index contributed by atoms with van der Waals surface area (Å²) in [5, 5.41) is 15.1. The van der Waals surface area contributed by atoms with Crippen molar-refractivity contribution in [1.29, 1.82) is 0 Å². The van der Waals surface area contributed by atoms with Gasteiger partial charge in [0.25, 0.3) is 0 Å². The zero-order chi connectivity index (χ0) is 13.0. The predicted octanol–water partition coefficient (Wildman–Crippen LogP) is 2.20. The van der Waals surface area contributed by atoms with Crippen molar-refractivity contribution in [2.45, 2.75) is 13.3 Å². The van der Waals surface area contributed by atoms with Gasteiger partial charge in [-0.1, -0.05) is 0 Å². The molecular weight excluding hydrogens is 250 g/mol. The Bertz CT molecular complexity index is 540. The van der Waals surface area contributed by atoms with E-state index in [4.69, 9.17) is 5.11 Å². The van der Waals surface area contributed by atoms with E-state index in [0.717, 1.165) is 11.4 Å². The molecule has 0 spiro atoms. The van der Waals surface area contributed by atoms with Crippen molar-refractivity contribution in [2.75, 3.05) is 11.9 Å². The molecule has 2 N–H and O–H groups in total. The highest BCUT2D eigenvalue weighted by Crippen LogP contribution is 2.16. The lowest BCUT2D eigenvalue weighted by molar-refractivity contribution is 0.0697. The zero-order valence-corrected chi connectivity index (χ0v) is 10.7. The van der Waals surface area contributed by atoms with E-state index in [2.05, 4.69) is 15.3 Å². The highest BCUT2D eigenvalue weighted by atomic mass is 32.1. The number of nitrogens with one attached hydrogen (secondary N) is 1. The van der Waals surface area contributed by atoms with E-state index in [0.29, 0.717) is 17.9 Å². The number of hydrogen-bond acceptors (Lipinski definition) is 5. The number of aryl methyl sites for hydroxylation is 1. The van der Waals surface area contributed by atoms with Crippen LogP contribution in [0.4, 0.5) is 5.82 Å². The molecule has 0 aliphatic heterocycles. The fourth-order valence-corrected chi connectivity index (χ4v) is 2.25. The van der Waals surface area contributed by atoms with Crippen molar-refractivity contribution in [3.63, 3.8) is 0 Å². The maximum Gasteiger partial charge on any atom is 0.339 e. The fourth-order valence-electron chi connectivity index (χ4n) is 1.63. The average Bonchev–Trinajstić information content (AvgIpc) is 2.81. The summed E-state index contributed by atoms with van der Waals surface area (Å²) in [7, 11) is 0. The monoisotopic (exact) mass is 263 g/mol. The van der Waals surface area contributed by atoms with Crippen LogP contribution in [-0.4, -0.2) is 27.6 Å². The van der Waals surface area contributed by atoms with Crippen LogP contribution in [0, 0.1) is 6.92 Å². The van der Waals surface area contributed by atoms with Crippen molar-refractivity contribution in [2.24, 2.45) is 0 Å². The van der Waals surface area contributed by atoms with Crippen LogP contribution in [0.2, 0.25) is 0 Å². The van der Waals surface area contributed by atoms with E-state index in [1.165, 1.54) is 0 Å². The second kappa shape index (κ2) is 5.59. The number of aromatic nitrogens is 2. The van der Waals surface area contributed by atoms with Gasteiger partial charge < -0.3 is 10.4 Å². The Hall–Kier alpha value is -1.95. The number of anilines is 1. The molecule has 5 nitrogen and oxygen atoms in total. The SMILES string of the molecule is Cc1ccnc(NCCc2nccs2)c1C(=O)O. The van der Waals surface area contributed by atoms with Crippen LogP contribution in [0.15, 0.2) is 23.8 Å². The topological polar surface area (TPSA) is 75.1 Å². The molecule has 0 saturated heterocycles. The lowest BCUT2D eigenvalue weighted by atomic mass is 10.1. The van der Waals surface area contributed by atoms with E-state index in [1.807, 2.05) is 5.38 Å². The van der Waals surface area contributed by atoms with Gasteiger partial charge in [0, 0.05) is 30.7 Å². The molecule has 18 heavy (non-hydrogen) atoms. The number of pyridine rings is 1. The molecule has 0 aromatic carbocycles. The Labute approximate surface area is 109 Å². The zero-order valence-electron chi connectivity index (χ0n) is 9.88. The molecule has 0 bridgehead atoms. The summed E-state index contributed by atoms with van der Waals surface area (Å²) >= 11 is 1.58. The third-order valence-corrected chi connectivity index (χ3v) is 3.33. The number of hydrogen-bond donors (Lipinski definition) is 2. The van der Waals surface area contributed by atoms with E-state index in [9.17, 15) is 4.79 Å². The quantitative estimate of drug-likeness (QED) is 0.865. The molecule has 0 fully saturated rings.